The van der Waals surface area contributed by atoms with Gasteiger partial charge < -0.3 is 20.9 Å². The summed E-state index contributed by atoms with van der Waals surface area (Å²) in [5, 5.41) is 11.4. The summed E-state index contributed by atoms with van der Waals surface area (Å²) in [4.78, 5) is 11.5. The highest BCUT2D eigenvalue weighted by atomic mass is 16.5. The zero-order valence-electron chi connectivity index (χ0n) is 10.3. The van der Waals surface area contributed by atoms with Crippen molar-refractivity contribution in [2.24, 2.45) is 5.73 Å². The lowest BCUT2D eigenvalue weighted by Gasteiger charge is -2.13. The molecule has 0 fully saturated rings. The van der Waals surface area contributed by atoms with Crippen LogP contribution in [-0.2, 0) is 4.79 Å². The number of carbonyl (C=O) groups is 1. The van der Waals surface area contributed by atoms with Crippen molar-refractivity contribution in [2.45, 2.75) is 19.9 Å². The first kappa shape index (κ1) is 13.5. The van der Waals surface area contributed by atoms with Crippen molar-refractivity contribution in [3.05, 3.63) is 23.3 Å². The number of rotatable bonds is 4. The van der Waals surface area contributed by atoms with E-state index >= 15 is 0 Å². The van der Waals surface area contributed by atoms with Crippen molar-refractivity contribution in [3.63, 3.8) is 0 Å². The van der Waals surface area contributed by atoms with Gasteiger partial charge in [-0.15, -0.1) is 0 Å². The molecule has 0 aromatic heterocycles. The Morgan fingerprint density at radius 2 is 2.00 bits per heavy atom. The highest BCUT2D eigenvalue weighted by molar-refractivity contribution is 5.95. The number of methoxy groups -OCH3 is 1. The maximum absolute atomic E-state index is 11.5. The fraction of sp³-hybridized carbons (Fsp3) is 0.417. The lowest BCUT2D eigenvalue weighted by atomic mass is 10.1. The molecule has 1 aromatic rings. The van der Waals surface area contributed by atoms with Crippen molar-refractivity contribution in [2.75, 3.05) is 19.0 Å². The minimum absolute atomic E-state index is 0.375. The Balaban J connectivity index is 2.90. The summed E-state index contributed by atoms with van der Waals surface area (Å²) in [5.74, 6) is 0.394. The highest BCUT2D eigenvalue weighted by Crippen LogP contribution is 2.26. The van der Waals surface area contributed by atoms with Crippen LogP contribution in [0.2, 0.25) is 0 Å². The molecule has 5 nitrogen and oxygen atoms in total. The fourth-order valence-corrected chi connectivity index (χ4v) is 1.66. The summed E-state index contributed by atoms with van der Waals surface area (Å²) < 4.78 is 5.23. The van der Waals surface area contributed by atoms with Crippen LogP contribution in [0.5, 0.6) is 5.75 Å². The number of aliphatic hydroxyl groups excluding tert-OH is 1. The van der Waals surface area contributed by atoms with Gasteiger partial charge in [-0.3, -0.25) is 4.79 Å². The van der Waals surface area contributed by atoms with Gasteiger partial charge in [-0.25, -0.2) is 0 Å². The third-order valence-corrected chi connectivity index (χ3v) is 2.47. The zero-order valence-corrected chi connectivity index (χ0v) is 10.3. The second-order valence-corrected chi connectivity index (χ2v) is 3.92. The van der Waals surface area contributed by atoms with E-state index in [0.29, 0.717) is 5.69 Å². The van der Waals surface area contributed by atoms with Crippen LogP contribution in [0.1, 0.15) is 11.1 Å². The van der Waals surface area contributed by atoms with Crippen molar-refractivity contribution < 1.29 is 14.6 Å². The summed E-state index contributed by atoms with van der Waals surface area (Å²) >= 11 is 0. The Kier molecular flexibility index (Phi) is 4.48. The van der Waals surface area contributed by atoms with E-state index in [2.05, 4.69) is 5.32 Å². The number of nitrogens with one attached hydrogen (secondary N) is 1. The van der Waals surface area contributed by atoms with Crippen LogP contribution in [0.15, 0.2) is 12.1 Å². The van der Waals surface area contributed by atoms with Gasteiger partial charge in [-0.2, -0.15) is 0 Å². The first-order chi connectivity index (χ1) is 7.99. The second kappa shape index (κ2) is 5.65. The van der Waals surface area contributed by atoms with Gasteiger partial charge in [0.05, 0.1) is 13.7 Å². The number of hydrogen-bond acceptors (Lipinski definition) is 4. The molecule has 0 spiro atoms. The number of aryl methyl sites for hydroxylation is 2. The molecule has 4 N–H and O–H groups in total. The number of benzene rings is 1. The lowest BCUT2D eigenvalue weighted by Crippen LogP contribution is -2.38. The van der Waals surface area contributed by atoms with E-state index in [4.69, 9.17) is 15.6 Å². The van der Waals surface area contributed by atoms with Crippen molar-refractivity contribution >= 4 is 11.6 Å². The molecule has 1 amide bonds. The largest absolute Gasteiger partial charge is 0.496 e. The van der Waals surface area contributed by atoms with E-state index in [1.165, 1.54) is 0 Å². The fourth-order valence-electron chi connectivity index (χ4n) is 1.66. The molecule has 0 aliphatic heterocycles. The highest BCUT2D eigenvalue weighted by Gasteiger charge is 2.13. The van der Waals surface area contributed by atoms with Gasteiger partial charge in [-0.05, 0) is 37.1 Å². The Morgan fingerprint density at radius 1 is 1.47 bits per heavy atom. The summed E-state index contributed by atoms with van der Waals surface area (Å²) in [5.41, 5.74) is 7.92. The molecule has 0 bridgehead atoms. The van der Waals surface area contributed by atoms with Crippen LogP contribution in [0.25, 0.3) is 0 Å². The van der Waals surface area contributed by atoms with Crippen LogP contribution < -0.4 is 15.8 Å². The monoisotopic (exact) mass is 238 g/mol. The maximum Gasteiger partial charge on any atom is 0.243 e. The number of aliphatic hydroxyl groups is 1. The molecule has 0 radical (unpaired) electrons. The van der Waals surface area contributed by atoms with E-state index in [1.807, 2.05) is 13.8 Å². The normalized spacial score (nSPS) is 12.1. The molecule has 0 saturated heterocycles. The van der Waals surface area contributed by atoms with E-state index < -0.39 is 11.9 Å². The van der Waals surface area contributed by atoms with Crippen molar-refractivity contribution in [1.82, 2.24) is 0 Å². The maximum atomic E-state index is 11.5. The molecule has 5 heteroatoms. The third-order valence-electron chi connectivity index (χ3n) is 2.47. The van der Waals surface area contributed by atoms with Gasteiger partial charge in [0.1, 0.15) is 11.8 Å². The molecule has 1 unspecified atom stereocenters. The van der Waals surface area contributed by atoms with Gasteiger partial charge in [-0.1, -0.05) is 0 Å². The first-order valence-electron chi connectivity index (χ1n) is 5.32. The molecule has 0 aliphatic carbocycles. The van der Waals surface area contributed by atoms with Gasteiger partial charge in [0.15, 0.2) is 0 Å². The van der Waals surface area contributed by atoms with Gasteiger partial charge >= 0.3 is 0 Å². The number of hydrogen-bond donors (Lipinski definition) is 3. The first-order valence-corrected chi connectivity index (χ1v) is 5.32. The van der Waals surface area contributed by atoms with Crippen LogP contribution in [0, 0.1) is 13.8 Å². The third kappa shape index (κ3) is 3.18. The average Bonchev–Trinajstić information content (AvgIpc) is 2.27. The smallest absolute Gasteiger partial charge is 0.243 e. The Morgan fingerprint density at radius 3 is 2.41 bits per heavy atom. The van der Waals surface area contributed by atoms with Crippen LogP contribution in [0.3, 0.4) is 0 Å². The van der Waals surface area contributed by atoms with E-state index in [1.54, 1.807) is 19.2 Å². The Bertz CT molecular complexity index is 395. The predicted molar refractivity (Wildman–Crippen MR) is 66.2 cm³/mol. The lowest BCUT2D eigenvalue weighted by molar-refractivity contribution is -0.118. The molecule has 94 valence electrons. The molecule has 0 heterocycles. The molecular weight excluding hydrogens is 220 g/mol. The molecule has 17 heavy (non-hydrogen) atoms. The zero-order chi connectivity index (χ0) is 13.0. The van der Waals surface area contributed by atoms with Gasteiger partial charge in [0, 0.05) is 5.69 Å². The second-order valence-electron chi connectivity index (χ2n) is 3.92. The number of amides is 1. The number of anilines is 1. The number of nitrogens with two attached hydrogens (primary N) is 1. The van der Waals surface area contributed by atoms with Crippen LogP contribution in [0.4, 0.5) is 5.69 Å². The minimum Gasteiger partial charge on any atom is -0.496 e. The summed E-state index contributed by atoms with van der Waals surface area (Å²) in [6.07, 6.45) is 0. The Labute approximate surface area is 101 Å². The topological polar surface area (TPSA) is 84.6 Å². The summed E-state index contributed by atoms with van der Waals surface area (Å²) in [7, 11) is 1.61. The SMILES string of the molecule is COc1c(C)cc(NC(=O)C(N)CO)cc1C. The molecule has 1 rings (SSSR count). The van der Waals surface area contributed by atoms with E-state index in [9.17, 15) is 4.79 Å². The van der Waals surface area contributed by atoms with Crippen LogP contribution in [-0.4, -0.2) is 30.8 Å². The van der Waals surface area contributed by atoms with Crippen LogP contribution >= 0.6 is 0 Å². The molecular formula is C12H18N2O3. The minimum atomic E-state index is -0.905. The average molecular weight is 238 g/mol. The van der Waals surface area contributed by atoms with E-state index in [0.717, 1.165) is 16.9 Å². The van der Waals surface area contributed by atoms with Crippen molar-refractivity contribution in [3.8, 4) is 5.75 Å². The molecule has 1 atom stereocenters. The molecule has 1 aromatic carbocycles. The van der Waals surface area contributed by atoms with Gasteiger partial charge in [0.2, 0.25) is 5.91 Å². The van der Waals surface area contributed by atoms with Crippen molar-refractivity contribution in [1.29, 1.82) is 0 Å². The molecule has 0 aliphatic rings. The predicted octanol–water partition coefficient (Wildman–Crippen LogP) is 0.570. The van der Waals surface area contributed by atoms with E-state index in [-0.39, 0.29) is 6.61 Å². The summed E-state index contributed by atoms with van der Waals surface area (Å²) in [6, 6.07) is 2.69. The summed E-state index contributed by atoms with van der Waals surface area (Å²) in [6.45, 7) is 3.42. The molecule has 0 saturated carbocycles. The Hall–Kier alpha value is -1.59. The van der Waals surface area contributed by atoms with Gasteiger partial charge in [0.25, 0.3) is 0 Å². The standard InChI is InChI=1S/C12H18N2O3/c1-7-4-9(5-8(2)11(7)17-3)14-12(16)10(13)6-15/h4-5,10,15H,6,13H2,1-3H3,(H,14,16). The number of ether oxygens (including phenoxy) is 1. The number of carbonyl (C=O) groups excluding carboxylic acids is 1. The quantitative estimate of drug-likeness (QED) is 0.716.